The van der Waals surface area contributed by atoms with Crippen LogP contribution in [0.4, 0.5) is 0 Å². The minimum absolute atomic E-state index is 0.0666. The molecule has 0 unspecified atom stereocenters. The molecule has 4 N–H and O–H groups in total. The Hall–Kier alpha value is -0.0951. The van der Waals surface area contributed by atoms with Gasteiger partial charge in [-0.1, -0.05) is 13.8 Å². The van der Waals surface area contributed by atoms with Gasteiger partial charge in [-0.25, -0.2) is 0 Å². The van der Waals surface area contributed by atoms with Crippen molar-refractivity contribution in [1.29, 1.82) is 0 Å². The van der Waals surface area contributed by atoms with Crippen molar-refractivity contribution in [3.8, 4) is 0 Å². The minimum Gasteiger partial charge on any atom is -0.437 e. The van der Waals surface area contributed by atoms with Crippen LogP contribution in [0, 0.1) is 0 Å². The second-order valence-electron chi connectivity index (χ2n) is 3.79. The number of hydrogen-bond donors (Lipinski definition) is 3. The molecule has 0 bridgehead atoms. The van der Waals surface area contributed by atoms with Gasteiger partial charge in [-0.3, -0.25) is 0 Å². The third kappa shape index (κ3) is 3.96. The second-order valence-corrected chi connectivity index (χ2v) is 3.79. The van der Waals surface area contributed by atoms with Crippen molar-refractivity contribution in [2.45, 2.75) is 32.6 Å². The first-order valence-corrected chi connectivity index (χ1v) is 5.42. The maximum absolute atomic E-state index is 9.21. The van der Waals surface area contributed by atoms with Gasteiger partial charge < -0.3 is 20.9 Å². The van der Waals surface area contributed by atoms with Crippen LogP contribution >= 0.6 is 0 Å². The van der Waals surface area contributed by atoms with Gasteiger partial charge >= 0.3 is 7.05 Å². The lowest BCUT2D eigenvalue weighted by molar-refractivity contribution is 0.343. The van der Waals surface area contributed by atoms with Crippen molar-refractivity contribution in [2.75, 3.05) is 26.7 Å². The summed E-state index contributed by atoms with van der Waals surface area (Å²) in [5.41, 5.74) is 5.61. The Morgan fingerprint density at radius 2 is 2.14 bits per heavy atom. The molecule has 1 atom stereocenters. The van der Waals surface area contributed by atoms with Crippen LogP contribution in [0.3, 0.4) is 0 Å². The zero-order valence-electron chi connectivity index (χ0n) is 9.88. The molecule has 1 aliphatic rings. The van der Waals surface area contributed by atoms with E-state index in [0.29, 0.717) is 6.54 Å². The summed E-state index contributed by atoms with van der Waals surface area (Å²) in [6.07, 6.45) is 1.02. The topological polar surface area (TPSA) is 61.5 Å². The molecule has 1 aliphatic heterocycles. The van der Waals surface area contributed by atoms with Gasteiger partial charge in [0.2, 0.25) is 0 Å². The average molecular weight is 201 g/mol. The second kappa shape index (κ2) is 6.40. The van der Waals surface area contributed by atoms with Crippen molar-refractivity contribution in [2.24, 2.45) is 5.73 Å². The Labute approximate surface area is 88.0 Å². The van der Waals surface area contributed by atoms with E-state index in [4.69, 9.17) is 5.73 Å². The molecular formula is C9H24BN3O. The summed E-state index contributed by atoms with van der Waals surface area (Å²) in [6.45, 7) is 8.29. The van der Waals surface area contributed by atoms with Gasteiger partial charge in [0.15, 0.2) is 0 Å². The van der Waals surface area contributed by atoms with E-state index in [9.17, 15) is 5.02 Å². The SMILES string of the molecule is CB(O)N[C@]1(CN)CCN(C)C1.CC. The Bertz CT molecular complexity index is 157. The zero-order chi connectivity index (χ0) is 11.2. The summed E-state index contributed by atoms with van der Waals surface area (Å²) in [6, 6.07) is 0. The lowest BCUT2D eigenvalue weighted by Crippen LogP contribution is -2.57. The first-order chi connectivity index (χ1) is 6.58. The van der Waals surface area contributed by atoms with Crippen molar-refractivity contribution in [3.63, 3.8) is 0 Å². The smallest absolute Gasteiger partial charge is 0.374 e. The molecule has 0 aliphatic carbocycles. The van der Waals surface area contributed by atoms with Gasteiger partial charge in [0.1, 0.15) is 0 Å². The highest BCUT2D eigenvalue weighted by atomic mass is 16.2. The maximum atomic E-state index is 9.21. The Balaban J connectivity index is 0.000000791. The average Bonchev–Trinajstić information content (AvgIpc) is 2.51. The van der Waals surface area contributed by atoms with Crippen LogP contribution < -0.4 is 11.0 Å². The van der Waals surface area contributed by atoms with Crippen molar-refractivity contribution in [3.05, 3.63) is 0 Å². The number of nitrogens with zero attached hydrogens (tertiary/aromatic N) is 1. The van der Waals surface area contributed by atoms with Gasteiger partial charge in [0.25, 0.3) is 0 Å². The first kappa shape index (κ1) is 13.9. The van der Waals surface area contributed by atoms with E-state index in [1.165, 1.54) is 0 Å². The van der Waals surface area contributed by atoms with E-state index >= 15 is 0 Å². The highest BCUT2D eigenvalue weighted by Crippen LogP contribution is 2.18. The van der Waals surface area contributed by atoms with Crippen molar-refractivity contribution < 1.29 is 5.02 Å². The van der Waals surface area contributed by atoms with Crippen molar-refractivity contribution >= 4 is 7.05 Å². The van der Waals surface area contributed by atoms with Gasteiger partial charge in [-0.2, -0.15) is 0 Å². The number of nitrogens with one attached hydrogen (secondary N) is 1. The first-order valence-electron chi connectivity index (χ1n) is 5.42. The summed E-state index contributed by atoms with van der Waals surface area (Å²) in [4.78, 5) is 2.22. The molecule has 0 saturated carbocycles. The lowest BCUT2D eigenvalue weighted by atomic mass is 9.82. The fraction of sp³-hybridized carbons (Fsp3) is 1.00. The van der Waals surface area contributed by atoms with Gasteiger partial charge in [-0.15, -0.1) is 0 Å². The van der Waals surface area contributed by atoms with E-state index < -0.39 is 7.05 Å². The van der Waals surface area contributed by atoms with Crippen LogP contribution in [-0.2, 0) is 0 Å². The van der Waals surface area contributed by atoms with Crippen molar-refractivity contribution in [1.82, 2.24) is 10.1 Å². The molecule has 0 aromatic carbocycles. The van der Waals surface area contributed by atoms with Crippen LogP contribution in [0.15, 0.2) is 0 Å². The summed E-state index contributed by atoms with van der Waals surface area (Å²) in [7, 11) is 1.60. The molecule has 1 saturated heterocycles. The number of hydrogen-bond acceptors (Lipinski definition) is 4. The van der Waals surface area contributed by atoms with Gasteiger partial charge in [0, 0.05) is 18.6 Å². The van der Waals surface area contributed by atoms with E-state index in [1.807, 2.05) is 13.8 Å². The zero-order valence-corrected chi connectivity index (χ0v) is 9.88. The van der Waals surface area contributed by atoms with Crippen LogP contribution in [-0.4, -0.2) is 49.2 Å². The molecule has 1 heterocycles. The lowest BCUT2D eigenvalue weighted by Gasteiger charge is -2.29. The molecule has 1 rings (SSSR count). The normalized spacial score (nSPS) is 27.0. The van der Waals surface area contributed by atoms with Gasteiger partial charge in [-0.05, 0) is 26.8 Å². The maximum Gasteiger partial charge on any atom is 0.374 e. The molecular weight excluding hydrogens is 177 g/mol. The fourth-order valence-corrected chi connectivity index (χ4v) is 1.87. The third-order valence-electron chi connectivity index (χ3n) is 2.45. The quantitative estimate of drug-likeness (QED) is 0.551. The Morgan fingerprint density at radius 3 is 2.43 bits per heavy atom. The van der Waals surface area contributed by atoms with Crippen LogP contribution in [0.1, 0.15) is 20.3 Å². The molecule has 0 aromatic heterocycles. The van der Waals surface area contributed by atoms with Crippen LogP contribution in [0.25, 0.3) is 0 Å². The van der Waals surface area contributed by atoms with E-state index in [2.05, 4.69) is 17.2 Å². The number of rotatable bonds is 3. The molecule has 84 valence electrons. The predicted molar refractivity (Wildman–Crippen MR) is 62.2 cm³/mol. The molecule has 5 heteroatoms. The van der Waals surface area contributed by atoms with E-state index in [-0.39, 0.29) is 5.54 Å². The number of likely N-dealkylation sites (N-methyl/N-ethyl adjacent to an activating group) is 1. The summed E-state index contributed by atoms with van der Waals surface area (Å²) in [5.74, 6) is 0. The van der Waals surface area contributed by atoms with Crippen LogP contribution in [0.2, 0.25) is 6.82 Å². The Morgan fingerprint density at radius 1 is 1.57 bits per heavy atom. The molecule has 0 spiro atoms. The van der Waals surface area contributed by atoms with Crippen LogP contribution in [0.5, 0.6) is 0 Å². The minimum atomic E-state index is -0.472. The predicted octanol–water partition coefficient (Wildman–Crippen LogP) is -0.254. The molecule has 1 fully saturated rings. The van der Waals surface area contributed by atoms with E-state index in [0.717, 1.165) is 19.5 Å². The molecule has 14 heavy (non-hydrogen) atoms. The number of nitrogens with two attached hydrogens (primary N) is 1. The molecule has 0 aromatic rings. The summed E-state index contributed by atoms with van der Waals surface area (Å²) in [5, 5.41) is 12.3. The van der Waals surface area contributed by atoms with Gasteiger partial charge in [0.05, 0.1) is 0 Å². The summed E-state index contributed by atoms with van der Waals surface area (Å²) < 4.78 is 0. The van der Waals surface area contributed by atoms with E-state index in [1.54, 1.807) is 6.82 Å². The summed E-state index contributed by atoms with van der Waals surface area (Å²) >= 11 is 0. The highest BCUT2D eigenvalue weighted by molar-refractivity contribution is 6.45. The third-order valence-corrected chi connectivity index (χ3v) is 2.45. The highest BCUT2D eigenvalue weighted by Gasteiger charge is 2.36. The largest absolute Gasteiger partial charge is 0.437 e. The molecule has 4 nitrogen and oxygen atoms in total. The molecule has 0 radical (unpaired) electrons. The standard InChI is InChI=1S/C7H18BN3O.C2H6/c1-8(12)10-7(5-9)3-4-11(2)6-7;1-2/h10,12H,3-6,9H2,1-2H3;1-2H3/t7-;/m0./s1. The number of likely N-dealkylation sites (tertiary alicyclic amines) is 1. The Kier molecular flexibility index (Phi) is 6.36. The molecule has 0 amide bonds. The monoisotopic (exact) mass is 201 g/mol. The fourth-order valence-electron chi connectivity index (χ4n) is 1.87.